The van der Waals surface area contributed by atoms with E-state index in [1.54, 1.807) is 39.0 Å². The standard InChI is InChI=1S/C17H20N6O4/c1-17(2,3)27-16(25)21-9-5-10(7-11(6-9)26-4)23-14-12(22-15(23)24)13(18)19-8-20-14/h5-8H,1-4H3,(H,21,25)(H,22,24)(H2,18,19,20). The number of amides is 1. The number of anilines is 2. The maximum Gasteiger partial charge on any atom is 0.412 e. The molecule has 4 N–H and O–H groups in total. The van der Waals surface area contributed by atoms with E-state index >= 15 is 0 Å². The lowest BCUT2D eigenvalue weighted by molar-refractivity contribution is 0.0636. The molecular formula is C17H20N6O4. The fourth-order valence-electron chi connectivity index (χ4n) is 2.50. The minimum Gasteiger partial charge on any atom is -0.497 e. The summed E-state index contributed by atoms with van der Waals surface area (Å²) in [5.41, 5.74) is 6.15. The topological polar surface area (TPSA) is 137 Å². The third-order valence-corrected chi connectivity index (χ3v) is 3.53. The normalized spacial score (nSPS) is 11.4. The number of aromatic nitrogens is 4. The molecule has 142 valence electrons. The number of ether oxygens (including phenoxy) is 2. The van der Waals surface area contributed by atoms with E-state index in [0.29, 0.717) is 28.3 Å². The number of carbonyl (C=O) groups excluding carboxylic acids is 1. The summed E-state index contributed by atoms with van der Waals surface area (Å²) in [7, 11) is 1.48. The smallest absolute Gasteiger partial charge is 0.412 e. The zero-order chi connectivity index (χ0) is 19.8. The van der Waals surface area contributed by atoms with E-state index < -0.39 is 17.4 Å². The van der Waals surface area contributed by atoms with Gasteiger partial charge in [0.05, 0.1) is 12.8 Å². The second-order valence-corrected chi connectivity index (χ2v) is 6.77. The van der Waals surface area contributed by atoms with Crippen LogP contribution in [0.2, 0.25) is 0 Å². The molecule has 0 atom stereocenters. The summed E-state index contributed by atoms with van der Waals surface area (Å²) in [5.74, 6) is 0.590. The molecular weight excluding hydrogens is 352 g/mol. The zero-order valence-corrected chi connectivity index (χ0v) is 15.4. The molecule has 10 nitrogen and oxygen atoms in total. The zero-order valence-electron chi connectivity index (χ0n) is 15.4. The quantitative estimate of drug-likeness (QED) is 0.640. The lowest BCUT2D eigenvalue weighted by atomic mass is 10.2. The molecule has 0 saturated heterocycles. The predicted molar refractivity (Wildman–Crippen MR) is 100 cm³/mol. The van der Waals surface area contributed by atoms with Gasteiger partial charge in [0.25, 0.3) is 0 Å². The van der Waals surface area contributed by atoms with Crippen LogP contribution in [0.4, 0.5) is 16.3 Å². The average Bonchev–Trinajstić information content (AvgIpc) is 2.90. The van der Waals surface area contributed by atoms with Gasteiger partial charge < -0.3 is 20.2 Å². The highest BCUT2D eigenvalue weighted by Crippen LogP contribution is 2.25. The summed E-state index contributed by atoms with van der Waals surface area (Å²) in [6, 6.07) is 4.84. The van der Waals surface area contributed by atoms with E-state index in [9.17, 15) is 9.59 Å². The molecule has 0 radical (unpaired) electrons. The third kappa shape index (κ3) is 3.84. The minimum atomic E-state index is -0.645. The van der Waals surface area contributed by atoms with Gasteiger partial charge in [-0.2, -0.15) is 0 Å². The molecule has 10 heteroatoms. The Morgan fingerprint density at radius 3 is 2.67 bits per heavy atom. The van der Waals surface area contributed by atoms with Crippen molar-refractivity contribution in [2.45, 2.75) is 26.4 Å². The van der Waals surface area contributed by atoms with Crippen LogP contribution >= 0.6 is 0 Å². The Kier molecular flexibility index (Phi) is 4.48. The molecule has 0 fully saturated rings. The first-order chi connectivity index (χ1) is 12.7. The number of rotatable bonds is 3. The van der Waals surface area contributed by atoms with Crippen molar-refractivity contribution < 1.29 is 14.3 Å². The number of methoxy groups -OCH3 is 1. The van der Waals surface area contributed by atoms with Gasteiger partial charge in [0.2, 0.25) is 0 Å². The van der Waals surface area contributed by atoms with Crippen molar-refractivity contribution >= 4 is 28.8 Å². The first-order valence-corrected chi connectivity index (χ1v) is 8.08. The summed E-state index contributed by atoms with van der Waals surface area (Å²) < 4.78 is 11.8. The number of nitrogen functional groups attached to an aromatic ring is 1. The fourth-order valence-corrected chi connectivity index (χ4v) is 2.50. The van der Waals surface area contributed by atoms with Crippen LogP contribution in [0.1, 0.15) is 20.8 Å². The number of carbonyl (C=O) groups is 1. The number of nitrogens with two attached hydrogens (primary N) is 1. The Bertz CT molecular complexity index is 1060. The van der Waals surface area contributed by atoms with Crippen molar-refractivity contribution in [3.8, 4) is 11.4 Å². The van der Waals surface area contributed by atoms with E-state index in [1.807, 2.05) is 0 Å². The molecule has 27 heavy (non-hydrogen) atoms. The molecule has 0 bridgehead atoms. The summed E-state index contributed by atoms with van der Waals surface area (Å²) in [6.07, 6.45) is 0.640. The van der Waals surface area contributed by atoms with Crippen molar-refractivity contribution in [2.24, 2.45) is 0 Å². The molecule has 3 rings (SSSR count). The van der Waals surface area contributed by atoms with Crippen molar-refractivity contribution in [1.82, 2.24) is 19.5 Å². The molecule has 2 heterocycles. The van der Waals surface area contributed by atoms with Crippen LogP contribution in [-0.2, 0) is 4.74 Å². The largest absolute Gasteiger partial charge is 0.497 e. The predicted octanol–water partition coefficient (Wildman–Crippen LogP) is 2.05. The molecule has 0 aliphatic heterocycles. The van der Waals surface area contributed by atoms with Gasteiger partial charge in [-0.15, -0.1) is 0 Å². The Labute approximate surface area is 154 Å². The van der Waals surface area contributed by atoms with Gasteiger partial charge in [-0.1, -0.05) is 0 Å². The molecule has 0 aliphatic rings. The summed E-state index contributed by atoms with van der Waals surface area (Å²) in [5, 5.41) is 2.63. The fraction of sp³-hybridized carbons (Fsp3) is 0.294. The molecule has 0 unspecified atom stereocenters. The Morgan fingerprint density at radius 2 is 2.00 bits per heavy atom. The van der Waals surface area contributed by atoms with Gasteiger partial charge >= 0.3 is 11.8 Å². The summed E-state index contributed by atoms with van der Waals surface area (Å²) in [6.45, 7) is 5.29. The number of nitrogens with zero attached hydrogens (tertiary/aromatic N) is 3. The average molecular weight is 372 g/mol. The van der Waals surface area contributed by atoms with Crippen LogP contribution in [-0.4, -0.2) is 38.3 Å². The maximum absolute atomic E-state index is 12.4. The highest BCUT2D eigenvalue weighted by Gasteiger charge is 2.18. The van der Waals surface area contributed by atoms with Crippen molar-refractivity contribution in [3.63, 3.8) is 0 Å². The van der Waals surface area contributed by atoms with Crippen LogP contribution < -0.4 is 21.5 Å². The third-order valence-electron chi connectivity index (χ3n) is 3.53. The lowest BCUT2D eigenvalue weighted by Gasteiger charge is -2.20. The van der Waals surface area contributed by atoms with Crippen molar-refractivity contribution in [2.75, 3.05) is 18.2 Å². The summed E-state index contributed by atoms with van der Waals surface area (Å²) in [4.78, 5) is 35.1. The molecule has 2 aromatic heterocycles. The second-order valence-electron chi connectivity index (χ2n) is 6.77. The van der Waals surface area contributed by atoms with Gasteiger partial charge in [-0.25, -0.2) is 24.1 Å². The number of H-pyrrole nitrogens is 1. The number of nitrogens with one attached hydrogen (secondary N) is 2. The first-order valence-electron chi connectivity index (χ1n) is 8.08. The number of aromatic amines is 1. The van der Waals surface area contributed by atoms with E-state index in [0.717, 1.165) is 0 Å². The molecule has 1 aromatic carbocycles. The van der Waals surface area contributed by atoms with Gasteiger partial charge in [0.15, 0.2) is 11.5 Å². The lowest BCUT2D eigenvalue weighted by Crippen LogP contribution is -2.27. The first kappa shape index (κ1) is 18.2. The monoisotopic (exact) mass is 372 g/mol. The van der Waals surface area contributed by atoms with Crippen LogP contribution in [0.25, 0.3) is 16.9 Å². The minimum absolute atomic E-state index is 0.158. The Balaban J connectivity index is 2.07. The number of benzene rings is 1. The van der Waals surface area contributed by atoms with Crippen LogP contribution in [0, 0.1) is 0 Å². The summed E-state index contributed by atoms with van der Waals surface area (Å²) >= 11 is 0. The van der Waals surface area contributed by atoms with Crippen LogP contribution in [0.15, 0.2) is 29.3 Å². The Hall–Kier alpha value is -3.56. The van der Waals surface area contributed by atoms with Crippen LogP contribution in [0.5, 0.6) is 5.75 Å². The number of hydrogen-bond acceptors (Lipinski definition) is 7. The van der Waals surface area contributed by atoms with Crippen LogP contribution in [0.3, 0.4) is 0 Å². The van der Waals surface area contributed by atoms with Gasteiger partial charge in [-0.3, -0.25) is 5.32 Å². The second kappa shape index (κ2) is 6.63. The molecule has 0 saturated carbocycles. The maximum atomic E-state index is 12.4. The van der Waals surface area contributed by atoms with Gasteiger partial charge in [0, 0.05) is 17.8 Å². The molecule has 1 amide bonds. The van der Waals surface area contributed by atoms with E-state index in [4.69, 9.17) is 15.2 Å². The SMILES string of the molecule is COc1cc(NC(=O)OC(C)(C)C)cc(-n2c(=O)[nH]c3c(N)ncnc32)c1. The highest BCUT2D eigenvalue weighted by molar-refractivity contribution is 5.86. The highest BCUT2D eigenvalue weighted by atomic mass is 16.6. The number of hydrogen-bond donors (Lipinski definition) is 3. The van der Waals surface area contributed by atoms with Gasteiger partial charge in [-0.05, 0) is 26.8 Å². The van der Waals surface area contributed by atoms with E-state index in [-0.39, 0.29) is 5.82 Å². The van der Waals surface area contributed by atoms with Crippen molar-refractivity contribution in [1.29, 1.82) is 0 Å². The number of imidazole rings is 1. The van der Waals surface area contributed by atoms with Crippen molar-refractivity contribution in [3.05, 3.63) is 35.0 Å². The molecule has 0 spiro atoms. The number of fused-ring (bicyclic) bond motifs is 1. The van der Waals surface area contributed by atoms with Gasteiger partial charge in [0.1, 0.15) is 23.2 Å². The Morgan fingerprint density at radius 1 is 1.26 bits per heavy atom. The van der Waals surface area contributed by atoms with E-state index in [2.05, 4.69) is 20.3 Å². The molecule has 0 aliphatic carbocycles. The molecule has 3 aromatic rings. The van der Waals surface area contributed by atoms with E-state index in [1.165, 1.54) is 18.0 Å².